The highest BCUT2D eigenvalue weighted by molar-refractivity contribution is 5.97. The average Bonchev–Trinajstić information content (AvgIpc) is 3.11. The highest BCUT2D eigenvalue weighted by Gasteiger charge is 2.33. The average molecular weight is 762 g/mol. The molecule has 0 aromatic heterocycles. The fraction of sp³-hybridized carbons (Fsp3) is 0.639. The van der Waals surface area contributed by atoms with Gasteiger partial charge >= 0.3 is 5.97 Å². The van der Waals surface area contributed by atoms with E-state index in [4.69, 9.17) is 17.2 Å². The van der Waals surface area contributed by atoms with E-state index in [-0.39, 0.29) is 63.2 Å². The van der Waals surface area contributed by atoms with Crippen LogP contribution in [0.3, 0.4) is 0 Å². The minimum absolute atomic E-state index is 0.0196. The molecule has 1 unspecified atom stereocenters. The van der Waals surface area contributed by atoms with E-state index in [1.54, 1.807) is 26.0 Å². The van der Waals surface area contributed by atoms with Crippen molar-refractivity contribution in [1.29, 1.82) is 0 Å². The summed E-state index contributed by atoms with van der Waals surface area (Å²) in [5, 5.41) is 35.3. The number of hydrogen-bond acceptors (Lipinski definition) is 11. The van der Waals surface area contributed by atoms with Crippen LogP contribution in [-0.2, 0) is 40.0 Å². The van der Waals surface area contributed by atoms with Crippen LogP contribution in [-0.4, -0.2) is 108 Å². The number of carbonyl (C=O) groups is 7. The zero-order valence-corrected chi connectivity index (χ0v) is 31.2. The molecule has 1 saturated heterocycles. The molecule has 54 heavy (non-hydrogen) atoms. The summed E-state index contributed by atoms with van der Waals surface area (Å²) in [7, 11) is 0. The Balaban J connectivity index is 2.45. The van der Waals surface area contributed by atoms with Crippen LogP contribution in [0.15, 0.2) is 24.3 Å². The van der Waals surface area contributed by atoms with Crippen molar-refractivity contribution in [2.75, 3.05) is 19.6 Å². The van der Waals surface area contributed by atoms with Gasteiger partial charge in [-0.25, -0.2) is 4.79 Å². The molecule has 0 aliphatic carbocycles. The zero-order chi connectivity index (χ0) is 40.2. The van der Waals surface area contributed by atoms with E-state index in [1.807, 2.05) is 0 Å². The van der Waals surface area contributed by atoms with Crippen molar-refractivity contribution in [1.82, 2.24) is 31.9 Å². The SMILES string of the molecule is CC(C)C[C@H](NC(=O)[C@H](Cc1ccc(O)cc1)NC(=O)[C@@H]1CCCNC(=O)CC(N)C(=O)N[C@@H](CCCCN)C(=O)N[C@@H](CCCCN)C(=O)N1)C(=O)O. The van der Waals surface area contributed by atoms with Crippen molar-refractivity contribution >= 4 is 41.4 Å². The van der Waals surface area contributed by atoms with Crippen LogP contribution in [0.5, 0.6) is 5.75 Å². The number of nitrogens with one attached hydrogen (secondary N) is 6. The maximum atomic E-state index is 14.0. The van der Waals surface area contributed by atoms with Crippen LogP contribution in [0, 0.1) is 5.92 Å². The van der Waals surface area contributed by atoms with Crippen molar-refractivity contribution in [3.05, 3.63) is 29.8 Å². The normalized spacial score (nSPS) is 21.5. The van der Waals surface area contributed by atoms with E-state index in [2.05, 4.69) is 31.9 Å². The molecule has 2 rings (SSSR count). The van der Waals surface area contributed by atoms with Gasteiger partial charge in [-0.2, -0.15) is 0 Å². The van der Waals surface area contributed by atoms with Crippen molar-refractivity contribution in [3.8, 4) is 5.75 Å². The summed E-state index contributed by atoms with van der Waals surface area (Å²) in [4.78, 5) is 92.5. The van der Waals surface area contributed by atoms with Gasteiger partial charge in [0.15, 0.2) is 0 Å². The number of rotatable bonds is 17. The molecule has 6 atom stereocenters. The minimum Gasteiger partial charge on any atom is -0.508 e. The van der Waals surface area contributed by atoms with Crippen LogP contribution in [0.4, 0.5) is 0 Å². The molecule has 18 nitrogen and oxygen atoms in total. The maximum absolute atomic E-state index is 14.0. The number of carboxylic acid groups (broad SMARTS) is 1. The largest absolute Gasteiger partial charge is 0.508 e. The third-order valence-electron chi connectivity index (χ3n) is 8.86. The smallest absolute Gasteiger partial charge is 0.326 e. The monoisotopic (exact) mass is 761 g/mol. The number of hydrogen-bond donors (Lipinski definition) is 11. The third-order valence-corrected chi connectivity index (χ3v) is 8.86. The number of carboxylic acids is 1. The van der Waals surface area contributed by atoms with Gasteiger partial charge in [-0.15, -0.1) is 0 Å². The molecule has 0 bridgehead atoms. The number of amides is 6. The number of aromatic hydroxyl groups is 1. The molecule has 0 saturated carbocycles. The molecule has 1 aromatic carbocycles. The summed E-state index contributed by atoms with van der Waals surface area (Å²) in [5.74, 6) is -5.52. The first-order valence-electron chi connectivity index (χ1n) is 18.6. The van der Waals surface area contributed by atoms with E-state index < -0.39 is 77.7 Å². The molecule has 18 heteroatoms. The number of nitrogens with two attached hydrogens (primary N) is 3. The first-order valence-corrected chi connectivity index (χ1v) is 18.6. The zero-order valence-electron chi connectivity index (χ0n) is 31.2. The summed E-state index contributed by atoms with van der Waals surface area (Å²) < 4.78 is 0. The van der Waals surface area contributed by atoms with Crippen molar-refractivity contribution in [3.63, 3.8) is 0 Å². The Bertz CT molecular complexity index is 1410. The molecule has 1 heterocycles. The van der Waals surface area contributed by atoms with Crippen molar-refractivity contribution in [2.24, 2.45) is 23.1 Å². The molecule has 1 aliphatic rings. The van der Waals surface area contributed by atoms with Crippen LogP contribution in [0.1, 0.15) is 83.6 Å². The van der Waals surface area contributed by atoms with Gasteiger partial charge < -0.3 is 59.3 Å². The van der Waals surface area contributed by atoms with Gasteiger partial charge in [0, 0.05) is 13.0 Å². The van der Waals surface area contributed by atoms with Gasteiger partial charge in [0.2, 0.25) is 35.4 Å². The van der Waals surface area contributed by atoms with Gasteiger partial charge in [-0.3, -0.25) is 28.8 Å². The first-order chi connectivity index (χ1) is 25.6. The highest BCUT2D eigenvalue weighted by Crippen LogP contribution is 2.14. The summed E-state index contributed by atoms with van der Waals surface area (Å²) in [6, 6.07) is -1.39. The highest BCUT2D eigenvalue weighted by atomic mass is 16.4. The van der Waals surface area contributed by atoms with Gasteiger partial charge in [-0.05, 0) is 94.5 Å². The lowest BCUT2D eigenvalue weighted by molar-refractivity contribution is -0.142. The minimum atomic E-state index is -1.30. The Morgan fingerprint density at radius 3 is 1.96 bits per heavy atom. The predicted octanol–water partition coefficient (Wildman–Crippen LogP) is -1.63. The molecular formula is C36H59N9O9. The Morgan fingerprint density at radius 1 is 0.833 bits per heavy atom. The fourth-order valence-corrected chi connectivity index (χ4v) is 5.83. The molecule has 0 spiro atoms. The third kappa shape index (κ3) is 16.5. The Morgan fingerprint density at radius 2 is 1.41 bits per heavy atom. The van der Waals surface area contributed by atoms with E-state index >= 15 is 0 Å². The Labute approximate surface area is 315 Å². The fourth-order valence-electron chi connectivity index (χ4n) is 5.83. The predicted molar refractivity (Wildman–Crippen MR) is 199 cm³/mol. The molecule has 1 aliphatic heterocycles. The molecule has 14 N–H and O–H groups in total. The van der Waals surface area contributed by atoms with Gasteiger partial charge in [0.1, 0.15) is 36.0 Å². The number of unbranched alkanes of at least 4 members (excludes halogenated alkanes) is 2. The summed E-state index contributed by atoms with van der Waals surface area (Å²) in [6.07, 6.45) is 2.18. The quantitative estimate of drug-likeness (QED) is 0.0798. The number of phenols is 1. The second-order valence-corrected chi connectivity index (χ2v) is 14.0. The van der Waals surface area contributed by atoms with Crippen molar-refractivity contribution in [2.45, 2.75) is 121 Å². The lowest BCUT2D eigenvalue weighted by atomic mass is 10.0. The molecule has 302 valence electrons. The maximum Gasteiger partial charge on any atom is 0.326 e. The number of benzene rings is 1. The number of aliphatic carboxylic acids is 1. The Kier molecular flexibility index (Phi) is 20.0. The summed E-state index contributed by atoms with van der Waals surface area (Å²) in [5.41, 5.74) is 17.9. The summed E-state index contributed by atoms with van der Waals surface area (Å²) in [6.45, 7) is 4.34. The second-order valence-electron chi connectivity index (χ2n) is 14.0. The lowest BCUT2D eigenvalue weighted by Crippen LogP contribution is -2.59. The Hall–Kier alpha value is -4.81. The van der Waals surface area contributed by atoms with Crippen LogP contribution in [0.25, 0.3) is 0 Å². The molecule has 1 fully saturated rings. The van der Waals surface area contributed by atoms with E-state index in [1.165, 1.54) is 12.1 Å². The number of carbonyl (C=O) groups excluding carboxylic acids is 6. The topological polar surface area (TPSA) is 310 Å². The van der Waals surface area contributed by atoms with Crippen LogP contribution in [0.2, 0.25) is 0 Å². The molecule has 0 radical (unpaired) electrons. The first kappa shape index (κ1) is 45.3. The van der Waals surface area contributed by atoms with E-state index in [0.717, 1.165) is 0 Å². The molecule has 1 aromatic rings. The molecule has 6 amide bonds. The van der Waals surface area contributed by atoms with Gasteiger partial charge in [0.05, 0.1) is 12.5 Å². The van der Waals surface area contributed by atoms with Gasteiger partial charge in [0.25, 0.3) is 0 Å². The standard InChI is InChI=1S/C36H59N9O9/c1-21(2)18-29(36(53)54)45-35(52)28(19-22-11-13-23(46)14-12-22)44-34(51)27-10-7-17-40-30(47)20-24(39)31(48)41-25(8-3-5-15-37)32(49)42-26(33(50)43-27)9-4-6-16-38/h11-14,21,24-29,46H,3-10,15-20,37-39H2,1-2H3,(H,40,47)(H,41,48)(H,42,49)(H,43,50)(H,44,51)(H,45,52)(H,53,54)/t24?,25-,26-,27-,28-,29-/m0/s1. The lowest BCUT2D eigenvalue weighted by Gasteiger charge is -2.28. The van der Waals surface area contributed by atoms with Crippen molar-refractivity contribution < 1.29 is 43.8 Å². The second kappa shape index (κ2) is 23.8. The van der Waals surface area contributed by atoms with E-state index in [9.17, 15) is 43.8 Å². The summed E-state index contributed by atoms with van der Waals surface area (Å²) >= 11 is 0. The van der Waals surface area contributed by atoms with E-state index in [0.29, 0.717) is 44.3 Å². The molecular weight excluding hydrogens is 702 g/mol. The number of phenolic OH excluding ortho intramolecular Hbond substituents is 1. The van der Waals surface area contributed by atoms with Gasteiger partial charge in [-0.1, -0.05) is 26.0 Å². The van der Waals surface area contributed by atoms with Crippen LogP contribution >= 0.6 is 0 Å². The van der Waals surface area contributed by atoms with Crippen LogP contribution < -0.4 is 49.1 Å².